The number of hydrogen-bond donors (Lipinski definition) is 3. The largest absolute Gasteiger partial charge is 0.497 e. The van der Waals surface area contributed by atoms with Crippen LogP contribution < -0.4 is 62.0 Å². The minimum atomic E-state index is -4.32. The number of carbonyl (C=O) groups excluding carboxylic acids is 5. The van der Waals surface area contributed by atoms with E-state index in [0.29, 0.717) is 52.8 Å². The van der Waals surface area contributed by atoms with E-state index >= 15 is 0 Å². The summed E-state index contributed by atoms with van der Waals surface area (Å²) in [5.41, 5.74) is 6.41. The number of para-hydroxylation sites is 1. The van der Waals surface area contributed by atoms with E-state index in [-0.39, 0.29) is 91.9 Å². The van der Waals surface area contributed by atoms with Gasteiger partial charge < -0.3 is 53.8 Å². The summed E-state index contributed by atoms with van der Waals surface area (Å²) in [6, 6.07) is 50.5. The molecule has 0 aromatic heterocycles. The molecule has 0 heterocycles. The van der Waals surface area contributed by atoms with Gasteiger partial charge in [-0.3, -0.25) is 32.1 Å². The number of esters is 1. The zero-order valence-corrected chi connectivity index (χ0v) is 68.9. The maximum absolute atomic E-state index is 14.1. The number of nitrogens with one attached hydrogen (secondary N) is 3. The van der Waals surface area contributed by atoms with Crippen molar-refractivity contribution in [1.29, 1.82) is 0 Å². The average Bonchev–Trinajstić information content (AvgIpc) is 0.784. The number of halogens is 1. The summed E-state index contributed by atoms with van der Waals surface area (Å²) in [7, 11) is -2.50. The highest BCUT2D eigenvalue weighted by molar-refractivity contribution is 14.1. The average molecular weight is 1690 g/mol. The Morgan fingerprint density at radius 2 is 0.919 bits per heavy atom. The summed E-state index contributed by atoms with van der Waals surface area (Å²) in [5.74, 6) is -0.0590. The quantitative estimate of drug-likeness (QED) is 0.0254. The van der Waals surface area contributed by atoms with Gasteiger partial charge in [-0.05, 0) is 213 Å². The van der Waals surface area contributed by atoms with Gasteiger partial charge in [0.2, 0.25) is 11.8 Å². The summed E-state index contributed by atoms with van der Waals surface area (Å²) >= 11 is 2.23. The van der Waals surface area contributed by atoms with E-state index in [1.165, 1.54) is 127 Å². The van der Waals surface area contributed by atoms with E-state index in [1.54, 1.807) is 91.9 Å². The first-order chi connectivity index (χ1) is 53.0. The van der Waals surface area contributed by atoms with E-state index in [1.807, 2.05) is 71.9 Å². The van der Waals surface area contributed by atoms with Crippen molar-refractivity contribution < 1.29 is 87.1 Å². The molecule has 0 radical (unpaired) electrons. The third-order valence-electron chi connectivity index (χ3n) is 17.1. The summed E-state index contributed by atoms with van der Waals surface area (Å²) in [5, 5.41) is 8.18. The molecule has 9 rings (SSSR count). The van der Waals surface area contributed by atoms with Gasteiger partial charge >= 0.3 is 5.97 Å². The minimum Gasteiger partial charge on any atom is -0.497 e. The zero-order chi connectivity index (χ0) is 81.3. The van der Waals surface area contributed by atoms with Crippen LogP contribution in [0.2, 0.25) is 0 Å². The standard InChI is InChI=1S/C29H35N3O7S.C28H32N2O8S.C25H26INO4S/c1-7-20-12-14-25(37-4)24(16-20)32(40(35,36)21-13-15-26(38-5)27(17-21)39-6)18-28(33)31-23-11-9-8-10-22(23)29(34)30-19(2)3;1-6-19-10-14-23(17-26(19)37-5)39(33,34)30(24-16-22(35-3)13-15-25(24)36-4)18-27(31)29-21-11-8-20(9-12-21)28(32)38-7-2;1-4-19-10-13-25(31-3)24(15-19)27(32(29,30)23-8-6-5-7-9-23)17-22(28)16-20-11-12-21(26)14-18(20)2/h8-17,19H,7,18H2,1-6H3,(H,30,34)(H,31,33);8-17H,6-7,18H2,1-5H3,(H,29,31);5-15H,4,16-17H2,1-3H3. The Balaban J connectivity index is 0.000000233. The number of amides is 3. The van der Waals surface area contributed by atoms with Crippen LogP contribution in [-0.4, -0.2) is 137 Å². The summed E-state index contributed by atoms with van der Waals surface area (Å²) in [6.45, 7) is 12.0. The molecule has 590 valence electrons. The lowest BCUT2D eigenvalue weighted by Gasteiger charge is -2.26. The molecule has 3 N–H and O–H groups in total. The predicted molar refractivity (Wildman–Crippen MR) is 438 cm³/mol. The van der Waals surface area contributed by atoms with Crippen molar-refractivity contribution in [2.24, 2.45) is 0 Å². The van der Waals surface area contributed by atoms with Gasteiger partial charge in [0.1, 0.15) is 41.8 Å². The Morgan fingerprint density at radius 3 is 1.43 bits per heavy atom. The molecule has 25 nitrogen and oxygen atoms in total. The Morgan fingerprint density at radius 1 is 0.441 bits per heavy atom. The van der Waals surface area contributed by atoms with Gasteiger partial charge in [-0.25, -0.2) is 30.0 Å². The van der Waals surface area contributed by atoms with Gasteiger partial charge in [-0.1, -0.05) is 75.4 Å². The lowest BCUT2D eigenvalue weighted by atomic mass is 10.0. The number of rotatable bonds is 33. The van der Waals surface area contributed by atoms with Crippen LogP contribution in [-0.2, 0) is 74.9 Å². The Bertz CT molecular complexity index is 5110. The van der Waals surface area contributed by atoms with Crippen molar-refractivity contribution in [1.82, 2.24) is 5.32 Å². The van der Waals surface area contributed by atoms with E-state index in [9.17, 15) is 49.2 Å². The number of anilines is 5. The summed E-state index contributed by atoms with van der Waals surface area (Å²) < 4.78 is 130. The molecule has 0 aliphatic rings. The first-order valence-electron chi connectivity index (χ1n) is 35.1. The van der Waals surface area contributed by atoms with Gasteiger partial charge in [0.15, 0.2) is 17.3 Å². The first-order valence-corrected chi connectivity index (χ1v) is 40.5. The van der Waals surface area contributed by atoms with Gasteiger partial charge in [0, 0.05) is 39.9 Å². The number of ether oxygens (including phenoxy) is 8. The fourth-order valence-electron chi connectivity index (χ4n) is 11.3. The Labute approximate surface area is 663 Å². The van der Waals surface area contributed by atoms with Crippen molar-refractivity contribution in [3.05, 3.63) is 231 Å². The molecular formula is C82H93IN6O19S3. The molecule has 9 aromatic rings. The Hall–Kier alpha value is -10.9. The summed E-state index contributed by atoms with van der Waals surface area (Å²) in [4.78, 5) is 64.3. The molecule has 0 bridgehead atoms. The number of nitrogens with zero attached hydrogens (tertiary/aromatic N) is 3. The molecule has 29 heteroatoms. The highest BCUT2D eigenvalue weighted by Crippen LogP contribution is 2.40. The molecule has 3 amide bonds. The van der Waals surface area contributed by atoms with E-state index < -0.39 is 60.9 Å². The van der Waals surface area contributed by atoms with Crippen LogP contribution in [0.1, 0.15) is 90.1 Å². The molecule has 0 aliphatic heterocycles. The number of ketones is 1. The van der Waals surface area contributed by atoms with Crippen LogP contribution in [0.5, 0.6) is 40.2 Å². The van der Waals surface area contributed by atoms with Crippen molar-refractivity contribution >= 4 is 111 Å². The second-order valence-electron chi connectivity index (χ2n) is 24.8. The number of hydrogen-bond acceptors (Lipinski definition) is 19. The van der Waals surface area contributed by atoms with Crippen molar-refractivity contribution in [2.45, 2.75) is 94.9 Å². The number of sulfonamides is 3. The van der Waals surface area contributed by atoms with Crippen molar-refractivity contribution in [3.63, 3.8) is 0 Å². The molecular weight excluding hydrogens is 1600 g/mol. The molecule has 9 aromatic carbocycles. The maximum atomic E-state index is 14.1. The first kappa shape index (κ1) is 87.3. The zero-order valence-electron chi connectivity index (χ0n) is 64.3. The Kier molecular flexibility index (Phi) is 32.0. The van der Waals surface area contributed by atoms with Crippen LogP contribution in [0, 0.1) is 10.5 Å². The SMILES string of the molecule is CCOC(=O)c1ccc(NC(=O)CN(c2cc(OC)ccc2OC)S(=O)(=O)c2ccc(CC)c(OC)c2)cc1.CCc1ccc(OC)c(N(CC(=O)Cc2ccc(I)cc2C)S(=O)(=O)c2ccccc2)c1.CCc1ccc(OC)c(N(CC(=O)Nc2ccccc2C(=O)NC(C)C)S(=O)(=O)c2ccc(OC)c(OC)c2)c1. The van der Waals surface area contributed by atoms with E-state index in [2.05, 4.69) is 38.5 Å². The fraction of sp³-hybridized carbons (Fsp3) is 0.280. The molecule has 0 unspecified atom stereocenters. The number of benzene rings is 9. The third kappa shape index (κ3) is 22.7. The lowest BCUT2D eigenvalue weighted by molar-refractivity contribution is -0.117. The van der Waals surface area contributed by atoms with Crippen LogP contribution in [0.15, 0.2) is 203 Å². The van der Waals surface area contributed by atoms with Crippen molar-refractivity contribution in [3.8, 4) is 40.2 Å². The highest BCUT2D eigenvalue weighted by Gasteiger charge is 2.35. The number of carbonyl (C=O) groups is 5. The minimum absolute atomic E-state index is 0.0620. The molecule has 0 spiro atoms. The number of methoxy groups -OCH3 is 7. The van der Waals surface area contributed by atoms with Gasteiger partial charge in [0.25, 0.3) is 36.0 Å². The normalized spacial score (nSPS) is 11.1. The topological polar surface area (TPSA) is 307 Å². The molecule has 0 atom stereocenters. The summed E-state index contributed by atoms with van der Waals surface area (Å²) in [6.07, 6.45) is 2.16. The molecule has 0 fully saturated rings. The smallest absolute Gasteiger partial charge is 0.338 e. The van der Waals surface area contributed by atoms with Crippen LogP contribution in [0.3, 0.4) is 0 Å². The third-order valence-corrected chi connectivity index (χ3v) is 23.1. The van der Waals surface area contributed by atoms with Crippen LogP contribution >= 0.6 is 22.6 Å². The number of aryl methyl sites for hydroxylation is 4. The van der Waals surface area contributed by atoms with E-state index in [4.69, 9.17) is 37.9 Å². The lowest BCUT2D eigenvalue weighted by Crippen LogP contribution is -2.39. The van der Waals surface area contributed by atoms with Gasteiger partial charge in [0.05, 0.1) is 111 Å². The predicted octanol–water partition coefficient (Wildman–Crippen LogP) is 13.7. The van der Waals surface area contributed by atoms with Crippen LogP contribution in [0.4, 0.5) is 28.4 Å². The molecule has 0 saturated carbocycles. The fourth-order valence-corrected chi connectivity index (χ4v) is 16.3. The maximum Gasteiger partial charge on any atom is 0.338 e. The molecule has 111 heavy (non-hydrogen) atoms. The van der Waals surface area contributed by atoms with Gasteiger partial charge in [-0.2, -0.15) is 0 Å². The molecule has 0 aliphatic carbocycles. The van der Waals surface area contributed by atoms with Crippen molar-refractivity contribution in [2.75, 3.05) is 99.6 Å². The van der Waals surface area contributed by atoms with Crippen LogP contribution in [0.25, 0.3) is 0 Å². The second kappa shape index (κ2) is 40.7. The van der Waals surface area contributed by atoms with E-state index in [0.717, 1.165) is 46.4 Å². The molecule has 0 saturated heterocycles. The highest BCUT2D eigenvalue weighted by atomic mass is 127. The number of Topliss-reactive ketones (excluding diaryl/α,β-unsaturated/α-hetero) is 1. The second-order valence-corrected chi connectivity index (χ2v) is 31.6. The van der Waals surface area contributed by atoms with Gasteiger partial charge in [-0.15, -0.1) is 0 Å². The monoisotopic (exact) mass is 1690 g/mol.